The summed E-state index contributed by atoms with van der Waals surface area (Å²) in [5.41, 5.74) is 7.43. The van der Waals surface area contributed by atoms with E-state index in [9.17, 15) is 4.79 Å². The Bertz CT molecular complexity index is 399. The van der Waals surface area contributed by atoms with Gasteiger partial charge in [0.05, 0.1) is 0 Å². The van der Waals surface area contributed by atoms with Crippen LogP contribution in [0.5, 0.6) is 0 Å². The molecule has 1 aliphatic rings. The number of nitrogens with one attached hydrogen (secondary N) is 1. The normalized spacial score (nSPS) is 16.3. The number of carbonyl (C=O) groups is 1. The number of carbonyl (C=O) groups excluding carboxylic acids is 1. The standard InChI is InChI=1S/C15H22N2OS/c16-8-5-12-1-3-14(4-2-12)15(18)17-11-13-6-9-19-10-7-13/h1-4,13H,5-11,16H2,(H,17,18). The Morgan fingerprint density at radius 3 is 2.58 bits per heavy atom. The van der Waals surface area contributed by atoms with E-state index in [-0.39, 0.29) is 5.91 Å². The highest BCUT2D eigenvalue weighted by Crippen LogP contribution is 2.21. The molecule has 4 heteroatoms. The molecule has 3 N–H and O–H groups in total. The van der Waals surface area contributed by atoms with E-state index >= 15 is 0 Å². The summed E-state index contributed by atoms with van der Waals surface area (Å²) in [5.74, 6) is 3.15. The van der Waals surface area contributed by atoms with E-state index < -0.39 is 0 Å². The first-order valence-electron chi connectivity index (χ1n) is 6.94. The van der Waals surface area contributed by atoms with Crippen LogP contribution in [0.25, 0.3) is 0 Å². The summed E-state index contributed by atoms with van der Waals surface area (Å²) >= 11 is 2.01. The summed E-state index contributed by atoms with van der Waals surface area (Å²) in [6, 6.07) is 7.74. The lowest BCUT2D eigenvalue weighted by Crippen LogP contribution is -2.30. The molecular weight excluding hydrogens is 256 g/mol. The third kappa shape index (κ3) is 4.55. The highest BCUT2D eigenvalue weighted by Gasteiger charge is 2.15. The highest BCUT2D eigenvalue weighted by atomic mass is 32.2. The molecule has 0 saturated carbocycles. The molecule has 0 aliphatic carbocycles. The minimum atomic E-state index is 0.0394. The van der Waals surface area contributed by atoms with Crippen molar-refractivity contribution in [2.45, 2.75) is 19.3 Å². The largest absolute Gasteiger partial charge is 0.352 e. The maximum atomic E-state index is 12.0. The van der Waals surface area contributed by atoms with Gasteiger partial charge in [0.25, 0.3) is 5.91 Å². The maximum absolute atomic E-state index is 12.0. The van der Waals surface area contributed by atoms with Gasteiger partial charge in [0.15, 0.2) is 0 Å². The lowest BCUT2D eigenvalue weighted by atomic mass is 10.0. The van der Waals surface area contributed by atoms with Crippen LogP contribution in [-0.2, 0) is 6.42 Å². The molecule has 1 fully saturated rings. The van der Waals surface area contributed by atoms with Gasteiger partial charge in [0, 0.05) is 12.1 Å². The van der Waals surface area contributed by atoms with Crippen LogP contribution in [-0.4, -0.2) is 30.5 Å². The van der Waals surface area contributed by atoms with Gasteiger partial charge in [-0.2, -0.15) is 11.8 Å². The van der Waals surface area contributed by atoms with E-state index in [2.05, 4.69) is 5.32 Å². The van der Waals surface area contributed by atoms with Gasteiger partial charge in [0.1, 0.15) is 0 Å². The summed E-state index contributed by atoms with van der Waals surface area (Å²) in [5, 5.41) is 3.05. The van der Waals surface area contributed by atoms with Gasteiger partial charge in [-0.25, -0.2) is 0 Å². The van der Waals surface area contributed by atoms with Crippen LogP contribution < -0.4 is 11.1 Å². The van der Waals surface area contributed by atoms with Crippen LogP contribution in [0, 0.1) is 5.92 Å². The van der Waals surface area contributed by atoms with E-state index in [1.807, 2.05) is 36.0 Å². The highest BCUT2D eigenvalue weighted by molar-refractivity contribution is 7.99. The molecule has 0 spiro atoms. The Morgan fingerprint density at radius 1 is 1.26 bits per heavy atom. The van der Waals surface area contributed by atoms with Crippen LogP contribution in [0.3, 0.4) is 0 Å². The van der Waals surface area contributed by atoms with Gasteiger partial charge >= 0.3 is 0 Å². The third-order valence-corrected chi connectivity index (χ3v) is 4.59. The van der Waals surface area contributed by atoms with Crippen molar-refractivity contribution < 1.29 is 4.79 Å². The van der Waals surface area contributed by atoms with Crippen LogP contribution in [0.1, 0.15) is 28.8 Å². The second-order valence-electron chi connectivity index (χ2n) is 5.00. The van der Waals surface area contributed by atoms with Gasteiger partial charge in [-0.1, -0.05) is 12.1 Å². The predicted molar refractivity (Wildman–Crippen MR) is 81.6 cm³/mol. The molecule has 0 unspecified atom stereocenters. The van der Waals surface area contributed by atoms with Crippen molar-refractivity contribution in [3.63, 3.8) is 0 Å². The molecule has 1 heterocycles. The number of thioether (sulfide) groups is 1. The number of benzene rings is 1. The number of nitrogens with two attached hydrogens (primary N) is 1. The van der Waals surface area contributed by atoms with E-state index in [4.69, 9.17) is 5.73 Å². The average Bonchev–Trinajstić information content (AvgIpc) is 2.47. The predicted octanol–water partition coefficient (Wildman–Crippen LogP) is 2.06. The Morgan fingerprint density at radius 2 is 1.95 bits per heavy atom. The zero-order valence-corrected chi connectivity index (χ0v) is 12.0. The first kappa shape index (κ1) is 14.4. The summed E-state index contributed by atoms with van der Waals surface area (Å²) < 4.78 is 0. The molecule has 0 radical (unpaired) electrons. The SMILES string of the molecule is NCCc1ccc(C(=O)NCC2CCSCC2)cc1. The van der Waals surface area contributed by atoms with Crippen molar-refractivity contribution in [3.8, 4) is 0 Å². The molecule has 3 nitrogen and oxygen atoms in total. The van der Waals surface area contributed by atoms with Gasteiger partial charge in [-0.3, -0.25) is 4.79 Å². The van der Waals surface area contributed by atoms with Crippen molar-refractivity contribution in [1.29, 1.82) is 0 Å². The van der Waals surface area contributed by atoms with E-state index in [0.717, 1.165) is 18.5 Å². The molecule has 1 aliphatic heterocycles. The Kier molecular flexibility index (Phi) is 5.73. The molecule has 1 aromatic carbocycles. The van der Waals surface area contributed by atoms with Crippen molar-refractivity contribution in [3.05, 3.63) is 35.4 Å². The first-order valence-corrected chi connectivity index (χ1v) is 8.10. The molecule has 104 valence electrons. The quantitative estimate of drug-likeness (QED) is 0.867. The zero-order valence-electron chi connectivity index (χ0n) is 11.2. The molecule has 19 heavy (non-hydrogen) atoms. The average molecular weight is 278 g/mol. The minimum Gasteiger partial charge on any atom is -0.352 e. The Labute approximate surface area is 119 Å². The molecule has 2 rings (SSSR count). The fourth-order valence-corrected chi connectivity index (χ4v) is 3.48. The van der Waals surface area contributed by atoms with Gasteiger partial charge in [-0.05, 0) is 60.9 Å². The fourth-order valence-electron chi connectivity index (χ4n) is 2.28. The van der Waals surface area contributed by atoms with Crippen molar-refractivity contribution >= 4 is 17.7 Å². The molecule has 1 aromatic rings. The first-order chi connectivity index (χ1) is 9.29. The summed E-state index contributed by atoms with van der Waals surface area (Å²) in [6.07, 6.45) is 3.31. The summed E-state index contributed by atoms with van der Waals surface area (Å²) in [7, 11) is 0. The van der Waals surface area contributed by atoms with Gasteiger partial charge in [0.2, 0.25) is 0 Å². The molecule has 0 aromatic heterocycles. The van der Waals surface area contributed by atoms with Crippen LogP contribution in [0.2, 0.25) is 0 Å². The number of hydrogen-bond acceptors (Lipinski definition) is 3. The lowest BCUT2D eigenvalue weighted by Gasteiger charge is -2.21. The fraction of sp³-hybridized carbons (Fsp3) is 0.533. The molecule has 0 bridgehead atoms. The van der Waals surface area contributed by atoms with Crippen LogP contribution in [0.4, 0.5) is 0 Å². The minimum absolute atomic E-state index is 0.0394. The van der Waals surface area contributed by atoms with Gasteiger partial charge < -0.3 is 11.1 Å². The zero-order chi connectivity index (χ0) is 13.5. The summed E-state index contributed by atoms with van der Waals surface area (Å²) in [6.45, 7) is 1.45. The van der Waals surface area contributed by atoms with Gasteiger partial charge in [-0.15, -0.1) is 0 Å². The second kappa shape index (κ2) is 7.56. The Hall–Kier alpha value is -1.00. The summed E-state index contributed by atoms with van der Waals surface area (Å²) in [4.78, 5) is 12.0. The lowest BCUT2D eigenvalue weighted by molar-refractivity contribution is 0.0946. The molecular formula is C15H22N2OS. The number of rotatable bonds is 5. The van der Waals surface area contributed by atoms with Crippen LogP contribution >= 0.6 is 11.8 Å². The van der Waals surface area contributed by atoms with Crippen molar-refractivity contribution in [1.82, 2.24) is 5.32 Å². The molecule has 0 atom stereocenters. The monoisotopic (exact) mass is 278 g/mol. The van der Waals surface area contributed by atoms with Crippen molar-refractivity contribution in [2.75, 3.05) is 24.6 Å². The van der Waals surface area contributed by atoms with Crippen LogP contribution in [0.15, 0.2) is 24.3 Å². The number of amides is 1. The van der Waals surface area contributed by atoms with E-state index in [1.54, 1.807) is 0 Å². The number of hydrogen-bond donors (Lipinski definition) is 2. The second-order valence-corrected chi connectivity index (χ2v) is 6.23. The third-order valence-electron chi connectivity index (χ3n) is 3.54. The Balaban J connectivity index is 1.81. The molecule has 1 amide bonds. The van der Waals surface area contributed by atoms with E-state index in [0.29, 0.717) is 12.5 Å². The molecule has 1 saturated heterocycles. The van der Waals surface area contributed by atoms with E-state index in [1.165, 1.54) is 29.9 Å². The van der Waals surface area contributed by atoms with Crippen molar-refractivity contribution in [2.24, 2.45) is 11.7 Å². The maximum Gasteiger partial charge on any atom is 0.251 e. The smallest absolute Gasteiger partial charge is 0.251 e. The topological polar surface area (TPSA) is 55.1 Å².